The second-order valence-corrected chi connectivity index (χ2v) is 5.76. The molecule has 1 heterocycles. The number of hydrogen-bond acceptors (Lipinski definition) is 2. The van der Waals surface area contributed by atoms with Gasteiger partial charge in [0.2, 0.25) is 5.91 Å². The number of carbonyl (C=O) groups excluding carboxylic acids is 1. The van der Waals surface area contributed by atoms with Crippen LogP contribution in [0, 0.1) is 11.8 Å². The minimum Gasteiger partial charge on any atom is -0.339 e. The summed E-state index contributed by atoms with van der Waals surface area (Å²) in [5.74, 6) is 1.35. The molecule has 3 unspecified atom stereocenters. The summed E-state index contributed by atoms with van der Waals surface area (Å²) in [7, 11) is 0. The lowest BCUT2D eigenvalue weighted by Gasteiger charge is -2.39. The molecule has 1 aliphatic heterocycles. The van der Waals surface area contributed by atoms with Gasteiger partial charge in [-0.25, -0.2) is 0 Å². The molecular weight excluding hydrogens is 212 g/mol. The molecule has 1 aliphatic carbocycles. The van der Waals surface area contributed by atoms with Gasteiger partial charge in [0, 0.05) is 18.5 Å². The Morgan fingerprint density at radius 1 is 1.35 bits per heavy atom. The second-order valence-electron chi connectivity index (χ2n) is 5.76. The SMILES string of the molecule is CC(CCCN)C(=O)N1CCCC2CCCC21. The monoisotopic (exact) mass is 238 g/mol. The van der Waals surface area contributed by atoms with E-state index in [4.69, 9.17) is 5.73 Å². The summed E-state index contributed by atoms with van der Waals surface area (Å²) in [6.07, 6.45) is 8.35. The lowest BCUT2D eigenvalue weighted by Crippen LogP contribution is -2.48. The van der Waals surface area contributed by atoms with Gasteiger partial charge >= 0.3 is 0 Å². The highest BCUT2D eigenvalue weighted by Gasteiger charge is 2.38. The van der Waals surface area contributed by atoms with Crippen molar-refractivity contribution in [3.63, 3.8) is 0 Å². The van der Waals surface area contributed by atoms with E-state index in [-0.39, 0.29) is 5.92 Å². The van der Waals surface area contributed by atoms with Crippen molar-refractivity contribution < 1.29 is 4.79 Å². The summed E-state index contributed by atoms with van der Waals surface area (Å²) >= 11 is 0. The highest BCUT2D eigenvalue weighted by atomic mass is 16.2. The zero-order chi connectivity index (χ0) is 12.3. The molecule has 2 N–H and O–H groups in total. The van der Waals surface area contributed by atoms with Crippen molar-refractivity contribution >= 4 is 5.91 Å². The van der Waals surface area contributed by atoms with Gasteiger partial charge in [-0.1, -0.05) is 13.3 Å². The third-order valence-corrected chi connectivity index (χ3v) is 4.54. The van der Waals surface area contributed by atoms with Crippen LogP contribution in [0.5, 0.6) is 0 Å². The summed E-state index contributed by atoms with van der Waals surface area (Å²) in [4.78, 5) is 14.6. The first-order valence-electron chi connectivity index (χ1n) is 7.24. The smallest absolute Gasteiger partial charge is 0.225 e. The standard InChI is InChI=1S/C14H26N2O/c1-11(5-3-9-15)14(17)16-10-4-7-12-6-2-8-13(12)16/h11-13H,2-10,15H2,1H3. The number of amides is 1. The molecule has 0 radical (unpaired) electrons. The van der Waals surface area contributed by atoms with E-state index in [1.807, 2.05) is 0 Å². The average Bonchev–Trinajstić information content (AvgIpc) is 2.82. The Balaban J connectivity index is 1.93. The quantitative estimate of drug-likeness (QED) is 0.815. The molecule has 0 bridgehead atoms. The molecule has 1 saturated carbocycles. The van der Waals surface area contributed by atoms with Crippen LogP contribution >= 0.6 is 0 Å². The summed E-state index contributed by atoms with van der Waals surface area (Å²) in [5.41, 5.74) is 5.52. The molecule has 0 aromatic rings. The lowest BCUT2D eigenvalue weighted by molar-refractivity contribution is -0.140. The van der Waals surface area contributed by atoms with Crippen LogP contribution in [0.4, 0.5) is 0 Å². The Labute approximate surface area is 105 Å². The third kappa shape index (κ3) is 2.82. The molecular formula is C14H26N2O. The van der Waals surface area contributed by atoms with E-state index in [0.29, 0.717) is 18.5 Å². The van der Waals surface area contributed by atoms with Crippen molar-refractivity contribution in [3.05, 3.63) is 0 Å². The van der Waals surface area contributed by atoms with Gasteiger partial charge in [-0.2, -0.15) is 0 Å². The molecule has 1 saturated heterocycles. The Morgan fingerprint density at radius 3 is 2.88 bits per heavy atom. The molecule has 0 spiro atoms. The number of nitrogens with two attached hydrogens (primary N) is 1. The number of fused-ring (bicyclic) bond motifs is 1. The summed E-state index contributed by atoms with van der Waals surface area (Å²) in [6, 6.07) is 0.566. The first kappa shape index (κ1) is 12.9. The van der Waals surface area contributed by atoms with Crippen molar-refractivity contribution in [2.24, 2.45) is 17.6 Å². The molecule has 0 aromatic heterocycles. The largest absolute Gasteiger partial charge is 0.339 e. The molecule has 0 aromatic carbocycles. The Kier molecular flexibility index (Phi) is 4.43. The number of hydrogen-bond donors (Lipinski definition) is 1. The molecule has 2 fully saturated rings. The number of likely N-dealkylation sites (tertiary alicyclic amines) is 1. The van der Waals surface area contributed by atoms with Gasteiger partial charge in [-0.3, -0.25) is 4.79 Å². The van der Waals surface area contributed by atoms with Crippen LogP contribution in [0.15, 0.2) is 0 Å². The van der Waals surface area contributed by atoms with Gasteiger partial charge in [0.05, 0.1) is 0 Å². The average molecular weight is 238 g/mol. The first-order chi connectivity index (χ1) is 8.24. The van der Waals surface area contributed by atoms with Crippen LogP contribution in [0.2, 0.25) is 0 Å². The fourth-order valence-corrected chi connectivity index (χ4v) is 3.56. The zero-order valence-electron chi connectivity index (χ0n) is 11.0. The van der Waals surface area contributed by atoms with Crippen molar-refractivity contribution in [1.29, 1.82) is 0 Å². The number of piperidine rings is 1. The Bertz CT molecular complexity index is 267. The van der Waals surface area contributed by atoms with Gasteiger partial charge in [-0.15, -0.1) is 0 Å². The van der Waals surface area contributed by atoms with Crippen LogP contribution in [-0.4, -0.2) is 29.9 Å². The van der Waals surface area contributed by atoms with Gasteiger partial charge < -0.3 is 10.6 Å². The number of carbonyl (C=O) groups is 1. The van der Waals surface area contributed by atoms with Gasteiger partial charge in [-0.05, 0) is 51.0 Å². The maximum Gasteiger partial charge on any atom is 0.225 e. The van der Waals surface area contributed by atoms with Gasteiger partial charge in [0.15, 0.2) is 0 Å². The first-order valence-corrected chi connectivity index (χ1v) is 7.24. The van der Waals surface area contributed by atoms with Crippen LogP contribution in [0.1, 0.15) is 51.9 Å². The Hall–Kier alpha value is -0.570. The normalized spacial score (nSPS) is 30.1. The molecule has 1 amide bonds. The van der Waals surface area contributed by atoms with E-state index >= 15 is 0 Å². The third-order valence-electron chi connectivity index (χ3n) is 4.54. The maximum atomic E-state index is 12.4. The molecule has 98 valence electrons. The van der Waals surface area contributed by atoms with E-state index in [9.17, 15) is 4.79 Å². The number of rotatable bonds is 4. The van der Waals surface area contributed by atoms with Crippen molar-refractivity contribution in [2.75, 3.05) is 13.1 Å². The van der Waals surface area contributed by atoms with Crippen LogP contribution in [-0.2, 0) is 4.79 Å². The van der Waals surface area contributed by atoms with E-state index in [0.717, 1.165) is 25.3 Å². The van der Waals surface area contributed by atoms with E-state index < -0.39 is 0 Å². The molecule has 2 rings (SSSR count). The lowest BCUT2D eigenvalue weighted by atomic mass is 9.90. The fourth-order valence-electron chi connectivity index (χ4n) is 3.56. The molecule has 2 aliphatic rings. The fraction of sp³-hybridized carbons (Fsp3) is 0.929. The maximum absolute atomic E-state index is 12.4. The predicted octanol–water partition coefficient (Wildman–Crippen LogP) is 2.15. The topological polar surface area (TPSA) is 46.3 Å². The van der Waals surface area contributed by atoms with Crippen LogP contribution in [0.3, 0.4) is 0 Å². The minimum atomic E-state index is 0.165. The van der Waals surface area contributed by atoms with Gasteiger partial charge in [0.1, 0.15) is 0 Å². The summed E-state index contributed by atoms with van der Waals surface area (Å²) in [6.45, 7) is 3.76. The zero-order valence-corrected chi connectivity index (χ0v) is 11.0. The highest BCUT2D eigenvalue weighted by molar-refractivity contribution is 5.79. The summed E-state index contributed by atoms with van der Waals surface area (Å²) < 4.78 is 0. The number of nitrogens with zero attached hydrogens (tertiary/aromatic N) is 1. The summed E-state index contributed by atoms with van der Waals surface area (Å²) in [5, 5.41) is 0. The molecule has 3 heteroatoms. The minimum absolute atomic E-state index is 0.165. The van der Waals surface area contributed by atoms with E-state index in [1.165, 1.54) is 32.1 Å². The molecule has 17 heavy (non-hydrogen) atoms. The van der Waals surface area contributed by atoms with E-state index in [2.05, 4.69) is 11.8 Å². The highest BCUT2D eigenvalue weighted by Crippen LogP contribution is 2.37. The van der Waals surface area contributed by atoms with Crippen LogP contribution in [0.25, 0.3) is 0 Å². The van der Waals surface area contributed by atoms with Crippen molar-refractivity contribution in [1.82, 2.24) is 4.90 Å². The van der Waals surface area contributed by atoms with Crippen LogP contribution < -0.4 is 5.73 Å². The molecule has 3 nitrogen and oxygen atoms in total. The predicted molar refractivity (Wildman–Crippen MR) is 69.5 cm³/mol. The van der Waals surface area contributed by atoms with Crippen molar-refractivity contribution in [2.45, 2.75) is 57.9 Å². The van der Waals surface area contributed by atoms with Gasteiger partial charge in [0.25, 0.3) is 0 Å². The Morgan fingerprint density at radius 2 is 2.12 bits per heavy atom. The van der Waals surface area contributed by atoms with E-state index in [1.54, 1.807) is 0 Å². The second kappa shape index (κ2) is 5.85. The molecule has 3 atom stereocenters. The van der Waals surface area contributed by atoms with Crippen molar-refractivity contribution in [3.8, 4) is 0 Å².